The van der Waals surface area contributed by atoms with Gasteiger partial charge in [-0.3, -0.25) is 4.79 Å². The fourth-order valence-electron chi connectivity index (χ4n) is 2.06. The zero-order valence-electron chi connectivity index (χ0n) is 11.0. The van der Waals surface area contributed by atoms with Gasteiger partial charge in [-0.2, -0.15) is 0 Å². The highest BCUT2D eigenvalue weighted by atomic mass is 16.7. The molecule has 4 heteroatoms. The minimum absolute atomic E-state index is 0.0476. The molecule has 1 aliphatic heterocycles. The molecule has 0 aromatic heterocycles. The number of Topliss-reactive ketones (excluding diaryl/α,β-unsaturated/α-hetero) is 1. The maximum atomic E-state index is 11.7. The predicted octanol–water partition coefficient (Wildman–Crippen LogP) is 2.55. The van der Waals surface area contributed by atoms with E-state index in [1.54, 1.807) is 24.3 Å². The Morgan fingerprint density at radius 1 is 1.32 bits per heavy atom. The van der Waals surface area contributed by atoms with E-state index < -0.39 is 0 Å². The number of hydrogen-bond acceptors (Lipinski definition) is 4. The Labute approximate surface area is 113 Å². The second-order valence-corrected chi connectivity index (χ2v) is 4.69. The predicted molar refractivity (Wildman–Crippen MR) is 71.3 cm³/mol. The number of aliphatic hydroxyl groups is 1. The summed E-state index contributed by atoms with van der Waals surface area (Å²) in [7, 11) is 0. The zero-order valence-corrected chi connectivity index (χ0v) is 11.0. The average molecular weight is 264 g/mol. The van der Waals surface area contributed by atoms with Gasteiger partial charge in [0.05, 0.1) is 6.61 Å². The van der Waals surface area contributed by atoms with Crippen LogP contribution in [0.2, 0.25) is 0 Å². The summed E-state index contributed by atoms with van der Waals surface area (Å²) in [6, 6.07) is 7.12. The van der Waals surface area contributed by atoms with Gasteiger partial charge in [-0.25, -0.2) is 0 Å². The lowest BCUT2D eigenvalue weighted by molar-refractivity contribution is -0.105. The molecule has 1 N–H and O–H groups in total. The van der Waals surface area contributed by atoms with E-state index >= 15 is 0 Å². The molecule has 0 radical (unpaired) electrons. The maximum absolute atomic E-state index is 11.7. The largest absolute Gasteiger partial charge is 0.465 e. The molecule has 0 aliphatic carbocycles. The van der Waals surface area contributed by atoms with Crippen LogP contribution in [0.15, 0.2) is 24.3 Å². The van der Waals surface area contributed by atoms with E-state index in [1.165, 1.54) is 0 Å². The van der Waals surface area contributed by atoms with Crippen LogP contribution in [0.25, 0.3) is 0 Å². The molecule has 19 heavy (non-hydrogen) atoms. The summed E-state index contributed by atoms with van der Waals surface area (Å²) in [6.07, 6.45) is 3.86. The average Bonchev–Trinajstić information content (AvgIpc) is 2.46. The van der Waals surface area contributed by atoms with Crippen LogP contribution >= 0.6 is 0 Å². The van der Waals surface area contributed by atoms with Crippen molar-refractivity contribution in [3.05, 3.63) is 29.8 Å². The molecule has 1 aromatic rings. The van der Waals surface area contributed by atoms with Crippen molar-refractivity contribution < 1.29 is 19.4 Å². The van der Waals surface area contributed by atoms with Gasteiger partial charge in [-0.15, -0.1) is 0 Å². The molecular weight excluding hydrogens is 244 g/mol. The monoisotopic (exact) mass is 264 g/mol. The van der Waals surface area contributed by atoms with E-state index in [-0.39, 0.29) is 18.7 Å². The normalized spacial score (nSPS) is 19.1. The van der Waals surface area contributed by atoms with Gasteiger partial charge >= 0.3 is 0 Å². The molecule has 1 aromatic carbocycles. The molecule has 1 aliphatic rings. The number of aliphatic hydroxyl groups excluding tert-OH is 1. The quantitative estimate of drug-likeness (QED) is 0.802. The van der Waals surface area contributed by atoms with E-state index in [0.29, 0.717) is 18.4 Å². The third kappa shape index (κ3) is 4.33. The first-order valence-corrected chi connectivity index (χ1v) is 6.82. The molecular formula is C15H20O4. The van der Waals surface area contributed by atoms with Crippen molar-refractivity contribution in [1.82, 2.24) is 0 Å². The summed E-state index contributed by atoms with van der Waals surface area (Å²) in [6.45, 7) is 0.800. The van der Waals surface area contributed by atoms with Crippen LogP contribution in [0.3, 0.4) is 0 Å². The molecule has 1 unspecified atom stereocenters. The lowest BCUT2D eigenvalue weighted by Gasteiger charge is -2.23. The van der Waals surface area contributed by atoms with Gasteiger partial charge in [0.1, 0.15) is 5.75 Å². The van der Waals surface area contributed by atoms with Crippen LogP contribution in [-0.4, -0.2) is 30.4 Å². The maximum Gasteiger partial charge on any atom is 0.199 e. The van der Waals surface area contributed by atoms with Crippen molar-refractivity contribution >= 4 is 5.78 Å². The highest BCUT2D eigenvalue weighted by Gasteiger charge is 2.15. The van der Waals surface area contributed by atoms with Crippen LogP contribution < -0.4 is 4.74 Å². The third-order valence-corrected chi connectivity index (χ3v) is 3.14. The van der Waals surface area contributed by atoms with Crippen molar-refractivity contribution in [1.29, 1.82) is 0 Å². The SMILES string of the molecule is O=C(CCCO)c1ccc(OC2CCCCO2)cc1. The zero-order chi connectivity index (χ0) is 13.5. The summed E-state index contributed by atoms with van der Waals surface area (Å²) in [5.41, 5.74) is 0.658. The van der Waals surface area contributed by atoms with Gasteiger partial charge in [0.15, 0.2) is 12.1 Å². The first kappa shape index (κ1) is 14.0. The number of rotatable bonds is 6. The smallest absolute Gasteiger partial charge is 0.199 e. The van der Waals surface area contributed by atoms with Gasteiger partial charge in [0, 0.05) is 25.0 Å². The van der Waals surface area contributed by atoms with Crippen LogP contribution in [0.5, 0.6) is 5.75 Å². The minimum Gasteiger partial charge on any atom is -0.465 e. The minimum atomic E-state index is -0.162. The van der Waals surface area contributed by atoms with Crippen LogP contribution in [0.1, 0.15) is 42.5 Å². The Bertz CT molecular complexity index is 393. The van der Waals surface area contributed by atoms with E-state index in [9.17, 15) is 4.79 Å². The first-order chi connectivity index (χ1) is 9.29. The van der Waals surface area contributed by atoms with Gasteiger partial charge in [0.25, 0.3) is 0 Å². The standard InChI is InChI=1S/C15H20O4/c16-10-3-4-14(17)12-6-8-13(9-7-12)19-15-5-1-2-11-18-15/h6-9,15-16H,1-5,10-11H2. The van der Waals surface area contributed by atoms with Crippen molar-refractivity contribution in [3.8, 4) is 5.75 Å². The van der Waals surface area contributed by atoms with Gasteiger partial charge in [-0.05, 0) is 43.5 Å². The van der Waals surface area contributed by atoms with E-state index in [4.69, 9.17) is 14.6 Å². The van der Waals surface area contributed by atoms with Gasteiger partial charge in [0.2, 0.25) is 0 Å². The summed E-state index contributed by atoms with van der Waals surface area (Å²) < 4.78 is 11.2. The highest BCUT2D eigenvalue weighted by Crippen LogP contribution is 2.20. The highest BCUT2D eigenvalue weighted by molar-refractivity contribution is 5.96. The van der Waals surface area contributed by atoms with Crippen molar-refractivity contribution in [2.45, 2.75) is 38.4 Å². The Hall–Kier alpha value is -1.39. The number of benzene rings is 1. The Kier molecular flexibility index (Phi) is 5.36. The Morgan fingerprint density at radius 2 is 2.11 bits per heavy atom. The van der Waals surface area contributed by atoms with Gasteiger partial charge in [-0.1, -0.05) is 0 Å². The van der Waals surface area contributed by atoms with Crippen molar-refractivity contribution in [3.63, 3.8) is 0 Å². The van der Waals surface area contributed by atoms with E-state index in [1.807, 2.05) is 0 Å². The number of ketones is 1. The number of carbonyl (C=O) groups is 1. The topological polar surface area (TPSA) is 55.8 Å². The fraction of sp³-hybridized carbons (Fsp3) is 0.533. The van der Waals surface area contributed by atoms with Crippen LogP contribution in [-0.2, 0) is 4.74 Å². The lowest BCUT2D eigenvalue weighted by atomic mass is 10.1. The summed E-state index contributed by atoms with van der Waals surface area (Å²) in [4.78, 5) is 11.7. The Morgan fingerprint density at radius 3 is 2.74 bits per heavy atom. The number of hydrogen-bond donors (Lipinski definition) is 1. The lowest BCUT2D eigenvalue weighted by Crippen LogP contribution is -2.24. The number of carbonyl (C=O) groups excluding carboxylic acids is 1. The number of ether oxygens (including phenoxy) is 2. The molecule has 0 amide bonds. The third-order valence-electron chi connectivity index (χ3n) is 3.14. The van der Waals surface area contributed by atoms with E-state index in [0.717, 1.165) is 31.6 Å². The molecule has 1 saturated heterocycles. The second kappa shape index (κ2) is 7.26. The fourth-order valence-corrected chi connectivity index (χ4v) is 2.06. The van der Waals surface area contributed by atoms with Crippen molar-refractivity contribution in [2.75, 3.05) is 13.2 Å². The molecule has 1 fully saturated rings. The molecule has 0 spiro atoms. The molecule has 104 valence electrons. The summed E-state index contributed by atoms with van der Waals surface area (Å²) >= 11 is 0. The molecule has 2 rings (SSSR count). The summed E-state index contributed by atoms with van der Waals surface area (Å²) in [5, 5.41) is 8.70. The summed E-state index contributed by atoms with van der Waals surface area (Å²) in [5.74, 6) is 0.778. The van der Waals surface area contributed by atoms with Crippen molar-refractivity contribution in [2.24, 2.45) is 0 Å². The molecule has 0 bridgehead atoms. The molecule has 1 heterocycles. The molecule has 0 saturated carbocycles. The van der Waals surface area contributed by atoms with Gasteiger partial charge < -0.3 is 14.6 Å². The first-order valence-electron chi connectivity index (χ1n) is 6.82. The molecule has 4 nitrogen and oxygen atoms in total. The Balaban J connectivity index is 1.88. The van der Waals surface area contributed by atoms with Crippen LogP contribution in [0.4, 0.5) is 0 Å². The molecule has 1 atom stereocenters. The van der Waals surface area contributed by atoms with E-state index in [2.05, 4.69) is 0 Å². The second-order valence-electron chi connectivity index (χ2n) is 4.69. The van der Waals surface area contributed by atoms with Crippen LogP contribution in [0, 0.1) is 0 Å².